The van der Waals surface area contributed by atoms with Crippen molar-refractivity contribution in [2.24, 2.45) is 0 Å². The molecule has 0 aliphatic rings. The van der Waals surface area contributed by atoms with Crippen LogP contribution in [-0.4, -0.2) is 32.7 Å². The Labute approximate surface area is 174 Å². The first-order valence-electron chi connectivity index (χ1n) is 9.94. The maximum absolute atomic E-state index is 12.9. The van der Waals surface area contributed by atoms with Gasteiger partial charge in [0.1, 0.15) is 16.9 Å². The van der Waals surface area contributed by atoms with Crippen LogP contribution in [0.25, 0.3) is 21.9 Å². The van der Waals surface area contributed by atoms with E-state index in [4.69, 9.17) is 18.3 Å². The van der Waals surface area contributed by atoms with Gasteiger partial charge in [0.25, 0.3) is 0 Å². The van der Waals surface area contributed by atoms with Crippen LogP contribution in [0.1, 0.15) is 17.7 Å². The van der Waals surface area contributed by atoms with Gasteiger partial charge in [0, 0.05) is 6.07 Å². The van der Waals surface area contributed by atoms with E-state index in [9.17, 15) is 4.79 Å². The zero-order chi connectivity index (χ0) is 21.1. The SMILES string of the molecule is COc1c2ccoc2c(OCCCc2ccccc2)c2oc(CN(C)C)cc(=O)c12. The first-order valence-corrected chi connectivity index (χ1v) is 9.94. The number of rotatable bonds is 8. The molecule has 6 heteroatoms. The van der Waals surface area contributed by atoms with Crippen molar-refractivity contribution in [2.45, 2.75) is 19.4 Å². The van der Waals surface area contributed by atoms with Crippen molar-refractivity contribution in [1.29, 1.82) is 0 Å². The standard InChI is InChI=1S/C24H25NO5/c1-25(2)15-17-14-19(26)20-21(27-3)18-11-13-29-22(18)24(23(20)30-17)28-12-7-10-16-8-5-4-6-9-16/h4-6,8-9,11,13-14H,7,10,12,15H2,1-3H3. The first-order chi connectivity index (χ1) is 14.6. The third kappa shape index (κ3) is 3.91. The number of aryl methyl sites for hydroxylation is 1. The summed E-state index contributed by atoms with van der Waals surface area (Å²) >= 11 is 0. The zero-order valence-corrected chi connectivity index (χ0v) is 17.4. The summed E-state index contributed by atoms with van der Waals surface area (Å²) in [6.07, 6.45) is 3.28. The second-order valence-corrected chi connectivity index (χ2v) is 7.48. The van der Waals surface area contributed by atoms with Crippen molar-refractivity contribution in [3.63, 3.8) is 0 Å². The minimum Gasteiger partial charge on any atom is -0.495 e. The second kappa shape index (κ2) is 8.63. The molecule has 0 spiro atoms. The first kappa shape index (κ1) is 20.0. The predicted molar refractivity (Wildman–Crippen MR) is 116 cm³/mol. The highest BCUT2D eigenvalue weighted by Gasteiger charge is 2.23. The van der Waals surface area contributed by atoms with Crippen LogP contribution in [0.5, 0.6) is 11.5 Å². The summed E-state index contributed by atoms with van der Waals surface area (Å²) in [6.45, 7) is 0.963. The molecule has 0 fully saturated rings. The van der Waals surface area contributed by atoms with E-state index < -0.39 is 0 Å². The summed E-state index contributed by atoms with van der Waals surface area (Å²) < 4.78 is 23.5. The van der Waals surface area contributed by atoms with Gasteiger partial charge in [0.2, 0.25) is 5.75 Å². The molecule has 4 rings (SSSR count). The molecule has 0 N–H and O–H groups in total. The minimum absolute atomic E-state index is 0.165. The monoisotopic (exact) mass is 407 g/mol. The molecule has 0 radical (unpaired) electrons. The van der Waals surface area contributed by atoms with Gasteiger partial charge in [0.05, 0.1) is 31.9 Å². The van der Waals surface area contributed by atoms with Crippen LogP contribution in [0.3, 0.4) is 0 Å². The van der Waals surface area contributed by atoms with Gasteiger partial charge in [-0.25, -0.2) is 0 Å². The maximum atomic E-state index is 12.9. The highest BCUT2D eigenvalue weighted by Crippen LogP contribution is 2.42. The molecule has 2 aromatic heterocycles. The van der Waals surface area contributed by atoms with Gasteiger partial charge >= 0.3 is 0 Å². The third-order valence-corrected chi connectivity index (χ3v) is 4.92. The van der Waals surface area contributed by atoms with Gasteiger partial charge < -0.3 is 23.2 Å². The summed E-state index contributed by atoms with van der Waals surface area (Å²) in [5.41, 5.74) is 1.97. The average molecular weight is 407 g/mol. The molecule has 0 aliphatic heterocycles. The Morgan fingerprint density at radius 2 is 1.83 bits per heavy atom. The molecule has 6 nitrogen and oxygen atoms in total. The normalized spacial score (nSPS) is 11.5. The lowest BCUT2D eigenvalue weighted by Crippen LogP contribution is -2.13. The molecule has 0 aliphatic carbocycles. The molecule has 0 unspecified atom stereocenters. The lowest BCUT2D eigenvalue weighted by Gasteiger charge is -2.14. The topological polar surface area (TPSA) is 65.1 Å². The van der Waals surface area contributed by atoms with Gasteiger partial charge in [-0.1, -0.05) is 30.3 Å². The molecule has 156 valence electrons. The molecular formula is C24H25NO5. The summed E-state index contributed by atoms with van der Waals surface area (Å²) in [5.74, 6) is 1.44. The molecule has 0 saturated heterocycles. The van der Waals surface area contributed by atoms with Crippen LogP contribution < -0.4 is 14.9 Å². The van der Waals surface area contributed by atoms with Crippen LogP contribution >= 0.6 is 0 Å². The van der Waals surface area contributed by atoms with Crippen molar-refractivity contribution in [3.05, 3.63) is 70.3 Å². The van der Waals surface area contributed by atoms with E-state index >= 15 is 0 Å². The lowest BCUT2D eigenvalue weighted by atomic mass is 10.1. The van der Waals surface area contributed by atoms with Crippen molar-refractivity contribution in [3.8, 4) is 11.5 Å². The van der Waals surface area contributed by atoms with Crippen molar-refractivity contribution in [2.75, 3.05) is 27.8 Å². The number of hydrogen-bond donors (Lipinski definition) is 0. The molecule has 2 aromatic carbocycles. The minimum atomic E-state index is -0.165. The Morgan fingerprint density at radius 3 is 2.57 bits per heavy atom. The summed E-state index contributed by atoms with van der Waals surface area (Å²) in [4.78, 5) is 14.9. The Bertz CT molecular complexity index is 1210. The lowest BCUT2D eigenvalue weighted by molar-refractivity contribution is 0.304. The Kier molecular flexibility index (Phi) is 5.77. The average Bonchev–Trinajstić information content (AvgIpc) is 3.20. The Morgan fingerprint density at radius 1 is 1.03 bits per heavy atom. The van der Waals surface area contributed by atoms with E-state index in [-0.39, 0.29) is 5.43 Å². The number of hydrogen-bond acceptors (Lipinski definition) is 6. The molecular weight excluding hydrogens is 382 g/mol. The summed E-state index contributed by atoms with van der Waals surface area (Å²) in [7, 11) is 5.37. The Hall–Kier alpha value is -3.25. The maximum Gasteiger partial charge on any atom is 0.206 e. The number of ether oxygens (including phenoxy) is 2. The fourth-order valence-electron chi connectivity index (χ4n) is 3.65. The van der Waals surface area contributed by atoms with E-state index in [2.05, 4.69) is 12.1 Å². The van der Waals surface area contributed by atoms with Crippen LogP contribution in [-0.2, 0) is 13.0 Å². The molecule has 0 atom stereocenters. The van der Waals surface area contributed by atoms with Gasteiger partial charge in [-0.3, -0.25) is 4.79 Å². The van der Waals surface area contributed by atoms with Gasteiger partial charge in [-0.05, 0) is 38.6 Å². The van der Waals surface area contributed by atoms with Gasteiger partial charge in [-0.15, -0.1) is 0 Å². The Balaban J connectivity index is 1.74. The third-order valence-electron chi connectivity index (χ3n) is 4.92. The van der Waals surface area contributed by atoms with Crippen LogP contribution in [0, 0.1) is 0 Å². The predicted octanol–water partition coefficient (Wildman–Crippen LogP) is 4.62. The summed E-state index contributed by atoms with van der Waals surface area (Å²) in [5, 5.41) is 1.06. The number of nitrogens with zero attached hydrogens (tertiary/aromatic N) is 1. The number of benzene rings is 2. The van der Waals surface area contributed by atoms with E-state index in [1.807, 2.05) is 37.2 Å². The summed E-state index contributed by atoms with van der Waals surface area (Å²) in [6, 6.07) is 13.5. The van der Waals surface area contributed by atoms with Crippen molar-refractivity contribution in [1.82, 2.24) is 4.90 Å². The van der Waals surface area contributed by atoms with Gasteiger partial charge in [-0.2, -0.15) is 0 Å². The van der Waals surface area contributed by atoms with Gasteiger partial charge in [0.15, 0.2) is 16.6 Å². The highest BCUT2D eigenvalue weighted by molar-refractivity contribution is 6.06. The highest BCUT2D eigenvalue weighted by atomic mass is 16.5. The smallest absolute Gasteiger partial charge is 0.206 e. The molecule has 2 heterocycles. The molecule has 30 heavy (non-hydrogen) atoms. The quantitative estimate of drug-likeness (QED) is 0.397. The number of methoxy groups -OCH3 is 1. The van der Waals surface area contributed by atoms with Crippen molar-refractivity contribution < 1.29 is 18.3 Å². The van der Waals surface area contributed by atoms with Crippen LogP contribution in [0.2, 0.25) is 0 Å². The number of furan rings is 1. The number of fused-ring (bicyclic) bond motifs is 2. The molecule has 0 bridgehead atoms. The molecule has 4 aromatic rings. The van der Waals surface area contributed by atoms with E-state index in [1.54, 1.807) is 12.3 Å². The van der Waals surface area contributed by atoms with E-state index in [0.29, 0.717) is 52.3 Å². The van der Waals surface area contributed by atoms with Crippen LogP contribution in [0.15, 0.2) is 62.4 Å². The fraction of sp³-hybridized carbons (Fsp3) is 0.292. The van der Waals surface area contributed by atoms with E-state index in [1.165, 1.54) is 18.7 Å². The molecule has 0 amide bonds. The largest absolute Gasteiger partial charge is 0.495 e. The van der Waals surface area contributed by atoms with Crippen molar-refractivity contribution >= 4 is 21.9 Å². The van der Waals surface area contributed by atoms with E-state index in [0.717, 1.165) is 12.8 Å². The zero-order valence-electron chi connectivity index (χ0n) is 17.4. The second-order valence-electron chi connectivity index (χ2n) is 7.48. The van der Waals surface area contributed by atoms with Crippen LogP contribution in [0.4, 0.5) is 0 Å². The fourth-order valence-corrected chi connectivity index (χ4v) is 3.65. The molecule has 0 saturated carbocycles.